The Balaban J connectivity index is 1.43. The van der Waals surface area contributed by atoms with Gasteiger partial charge in [0.1, 0.15) is 17.5 Å². The number of fused-ring (bicyclic) bond motifs is 1. The Morgan fingerprint density at radius 2 is 1.25 bits per heavy atom. The van der Waals surface area contributed by atoms with Gasteiger partial charge in [0.15, 0.2) is 17.4 Å². The molecule has 0 fully saturated rings. The predicted molar refractivity (Wildman–Crippen MR) is 141 cm³/mol. The van der Waals surface area contributed by atoms with E-state index < -0.39 is 41.4 Å². The van der Waals surface area contributed by atoms with Gasteiger partial charge in [-0.2, -0.15) is 8.78 Å². The number of benzene rings is 4. The van der Waals surface area contributed by atoms with Crippen LogP contribution in [0.4, 0.5) is 30.7 Å². The van der Waals surface area contributed by atoms with Crippen LogP contribution in [0.5, 0.6) is 5.75 Å². The lowest BCUT2D eigenvalue weighted by molar-refractivity contribution is -0.0546. The van der Waals surface area contributed by atoms with Crippen LogP contribution in [0.3, 0.4) is 0 Å². The minimum atomic E-state index is -3.36. The molecule has 4 aromatic rings. The number of hydrogen-bond donors (Lipinski definition) is 0. The van der Waals surface area contributed by atoms with Gasteiger partial charge in [-0.15, -0.1) is 0 Å². The molecule has 0 spiro atoms. The monoisotopic (exact) mass is 562 g/mol. The smallest absolute Gasteiger partial charge is 0.387 e. The molecule has 0 amide bonds. The third kappa shape index (κ3) is 7.14. The van der Waals surface area contributed by atoms with Crippen molar-refractivity contribution >= 4 is 10.8 Å². The van der Waals surface area contributed by atoms with E-state index in [4.69, 9.17) is 0 Å². The number of hydrogen-bond acceptors (Lipinski definition) is 1. The molecule has 0 N–H and O–H groups in total. The van der Waals surface area contributed by atoms with Crippen LogP contribution in [0.25, 0.3) is 10.8 Å². The minimum absolute atomic E-state index is 0.0301. The number of unbranched alkanes of at least 4 members (excludes halogenated alkanes) is 2. The second kappa shape index (κ2) is 13.2. The van der Waals surface area contributed by atoms with Gasteiger partial charge in [0.05, 0.1) is 0 Å². The number of halogens is 7. The highest BCUT2D eigenvalue weighted by molar-refractivity contribution is 5.84. The van der Waals surface area contributed by atoms with Crippen molar-refractivity contribution in [2.45, 2.75) is 64.9 Å². The molecule has 0 saturated heterocycles. The first-order valence-corrected chi connectivity index (χ1v) is 13.3. The maximum atomic E-state index is 15.2. The average Bonchev–Trinajstić information content (AvgIpc) is 2.90. The van der Waals surface area contributed by atoms with Crippen molar-refractivity contribution in [3.63, 3.8) is 0 Å². The van der Waals surface area contributed by atoms with Gasteiger partial charge in [-0.1, -0.05) is 50.1 Å². The lowest BCUT2D eigenvalue weighted by Gasteiger charge is -2.11. The van der Waals surface area contributed by atoms with Crippen molar-refractivity contribution in [1.82, 2.24) is 0 Å². The molecule has 0 bridgehead atoms. The molecular weight excluding hydrogens is 533 g/mol. The average molecular weight is 563 g/mol. The Morgan fingerprint density at radius 3 is 1.90 bits per heavy atom. The minimum Gasteiger partial charge on any atom is -0.429 e. The van der Waals surface area contributed by atoms with Crippen molar-refractivity contribution in [3.8, 4) is 5.75 Å². The summed E-state index contributed by atoms with van der Waals surface area (Å²) < 4.78 is 101. The number of alkyl halides is 2. The fraction of sp³-hybridized carbons (Fsp3) is 0.312. The fourth-order valence-electron chi connectivity index (χ4n) is 4.86. The number of ether oxygens (including phenoxy) is 1. The second-order valence-corrected chi connectivity index (χ2v) is 9.86. The summed E-state index contributed by atoms with van der Waals surface area (Å²) in [7, 11) is 0. The highest BCUT2D eigenvalue weighted by atomic mass is 19.3. The van der Waals surface area contributed by atoms with Gasteiger partial charge in [0.25, 0.3) is 0 Å². The summed E-state index contributed by atoms with van der Waals surface area (Å²) in [6, 6.07) is 12.9. The fourth-order valence-corrected chi connectivity index (χ4v) is 4.86. The zero-order valence-electron chi connectivity index (χ0n) is 22.0. The molecule has 212 valence electrons. The molecule has 0 aliphatic rings. The quantitative estimate of drug-likeness (QED) is 0.123. The van der Waals surface area contributed by atoms with Crippen LogP contribution < -0.4 is 4.74 Å². The van der Waals surface area contributed by atoms with Gasteiger partial charge in [-0.05, 0) is 90.4 Å². The Kier molecular flexibility index (Phi) is 9.71. The molecule has 0 atom stereocenters. The predicted octanol–water partition coefficient (Wildman–Crippen LogP) is 9.44. The van der Waals surface area contributed by atoms with E-state index in [1.807, 2.05) is 0 Å². The van der Waals surface area contributed by atoms with Crippen LogP contribution in [0, 0.1) is 29.1 Å². The van der Waals surface area contributed by atoms with E-state index in [0.717, 1.165) is 37.0 Å². The largest absolute Gasteiger partial charge is 0.429 e. The maximum absolute atomic E-state index is 15.2. The third-order valence-corrected chi connectivity index (χ3v) is 6.98. The van der Waals surface area contributed by atoms with Crippen molar-refractivity contribution in [2.75, 3.05) is 0 Å². The summed E-state index contributed by atoms with van der Waals surface area (Å²) in [6.07, 6.45) is 4.26. The Bertz CT molecular complexity index is 1440. The highest BCUT2D eigenvalue weighted by Crippen LogP contribution is 2.28. The molecule has 4 rings (SSSR count). The van der Waals surface area contributed by atoms with E-state index in [-0.39, 0.29) is 30.4 Å². The number of rotatable bonds is 12. The molecular formula is C32H29F7O. The lowest BCUT2D eigenvalue weighted by atomic mass is 9.96. The topological polar surface area (TPSA) is 9.23 Å². The van der Waals surface area contributed by atoms with Crippen LogP contribution in [0.1, 0.15) is 54.0 Å². The summed E-state index contributed by atoms with van der Waals surface area (Å²) in [4.78, 5) is 0. The molecule has 0 heterocycles. The molecule has 0 unspecified atom stereocenters. The summed E-state index contributed by atoms with van der Waals surface area (Å²) in [5, 5.41) is 0.949. The van der Waals surface area contributed by atoms with Crippen molar-refractivity contribution in [3.05, 3.63) is 112 Å². The van der Waals surface area contributed by atoms with E-state index in [9.17, 15) is 26.3 Å². The summed E-state index contributed by atoms with van der Waals surface area (Å²) in [5.74, 6) is -5.28. The van der Waals surface area contributed by atoms with Gasteiger partial charge in [0.2, 0.25) is 0 Å². The van der Waals surface area contributed by atoms with Crippen molar-refractivity contribution in [1.29, 1.82) is 0 Å². The van der Waals surface area contributed by atoms with E-state index in [0.29, 0.717) is 34.7 Å². The highest BCUT2D eigenvalue weighted by Gasteiger charge is 2.18. The van der Waals surface area contributed by atoms with E-state index in [1.54, 1.807) is 30.3 Å². The molecule has 0 aliphatic heterocycles. The first-order valence-electron chi connectivity index (χ1n) is 13.3. The van der Waals surface area contributed by atoms with Crippen LogP contribution >= 0.6 is 0 Å². The van der Waals surface area contributed by atoms with Crippen LogP contribution in [0.15, 0.2) is 54.6 Å². The molecule has 40 heavy (non-hydrogen) atoms. The van der Waals surface area contributed by atoms with E-state index in [1.165, 1.54) is 12.1 Å². The second-order valence-electron chi connectivity index (χ2n) is 9.86. The van der Waals surface area contributed by atoms with Crippen molar-refractivity contribution < 1.29 is 35.5 Å². The van der Waals surface area contributed by atoms with Crippen LogP contribution in [-0.2, 0) is 32.1 Å². The van der Waals surface area contributed by atoms with Gasteiger partial charge < -0.3 is 4.74 Å². The molecule has 8 heteroatoms. The zero-order valence-corrected chi connectivity index (χ0v) is 22.0. The maximum Gasteiger partial charge on any atom is 0.387 e. The molecule has 0 radical (unpaired) electrons. The third-order valence-electron chi connectivity index (χ3n) is 6.98. The van der Waals surface area contributed by atoms with Gasteiger partial charge >= 0.3 is 6.61 Å². The summed E-state index contributed by atoms with van der Waals surface area (Å²) in [5.41, 5.74) is 1.96. The Morgan fingerprint density at radius 1 is 0.625 bits per heavy atom. The van der Waals surface area contributed by atoms with Crippen LogP contribution in [-0.4, -0.2) is 6.61 Å². The molecule has 4 aromatic carbocycles. The summed E-state index contributed by atoms with van der Waals surface area (Å²) >= 11 is 0. The molecule has 0 saturated carbocycles. The zero-order chi connectivity index (χ0) is 28.8. The van der Waals surface area contributed by atoms with E-state index >= 15 is 4.39 Å². The number of aryl methyl sites for hydroxylation is 4. The normalized spacial score (nSPS) is 11.5. The lowest BCUT2D eigenvalue weighted by Crippen LogP contribution is -2.06. The standard InChI is InChI=1S/C32H29F7O/c1-2-3-4-5-20-15-26(33)25(27(34)16-20)13-8-19-7-12-24-23(14-19)11-10-22(30(24)37)9-6-21-17-28(35)31(29(36)18-21)40-32(38)39/h7,10-12,14-18,32H,2-6,8-9,13H2,1H3. The van der Waals surface area contributed by atoms with Crippen molar-refractivity contribution in [2.24, 2.45) is 0 Å². The molecule has 0 aliphatic carbocycles. The van der Waals surface area contributed by atoms with Gasteiger partial charge in [-0.25, -0.2) is 22.0 Å². The van der Waals surface area contributed by atoms with Crippen LogP contribution in [0.2, 0.25) is 0 Å². The van der Waals surface area contributed by atoms with E-state index in [2.05, 4.69) is 11.7 Å². The van der Waals surface area contributed by atoms with Gasteiger partial charge in [-0.3, -0.25) is 0 Å². The molecule has 0 aromatic heterocycles. The Hall–Kier alpha value is -3.55. The SMILES string of the molecule is CCCCCc1cc(F)c(CCc2ccc3c(F)c(CCc4cc(F)c(OC(F)F)c(F)c4)ccc3c2)c(F)c1. The first-order chi connectivity index (χ1) is 19.2. The molecule has 1 nitrogen and oxygen atoms in total. The first kappa shape index (κ1) is 29.4. The summed E-state index contributed by atoms with van der Waals surface area (Å²) in [6.45, 7) is -1.30. The van der Waals surface area contributed by atoms with Gasteiger partial charge in [0, 0.05) is 10.9 Å². The Labute approximate surface area is 228 Å².